The van der Waals surface area contributed by atoms with Gasteiger partial charge in [0, 0.05) is 18.2 Å². The van der Waals surface area contributed by atoms with Crippen molar-refractivity contribution in [2.45, 2.75) is 45.4 Å². The van der Waals surface area contributed by atoms with E-state index in [4.69, 9.17) is 4.74 Å². The number of rotatable bonds is 7. The van der Waals surface area contributed by atoms with Crippen LogP contribution in [0.3, 0.4) is 0 Å². The lowest BCUT2D eigenvalue weighted by Crippen LogP contribution is -2.37. The first-order valence-electron chi connectivity index (χ1n) is 7.06. The third kappa shape index (κ3) is 4.20. The van der Waals surface area contributed by atoms with Crippen molar-refractivity contribution >= 4 is 5.91 Å². The minimum Gasteiger partial charge on any atom is -0.481 e. The first-order valence-corrected chi connectivity index (χ1v) is 7.06. The second-order valence-electron chi connectivity index (χ2n) is 5.08. The molecule has 2 N–H and O–H groups in total. The molecular weight excluding hydrogens is 259 g/mol. The molecule has 5 heteroatoms. The molecule has 1 fully saturated rings. The maximum Gasteiger partial charge on any atom is 0.260 e. The summed E-state index contributed by atoms with van der Waals surface area (Å²) in [6, 6.07) is 4.66. The molecule has 1 aliphatic rings. The normalized spacial score (nSPS) is 15.8. The summed E-state index contributed by atoms with van der Waals surface area (Å²) in [4.78, 5) is 11.9. The average molecular weight is 280 g/mol. The zero-order valence-corrected chi connectivity index (χ0v) is 11.9. The predicted molar refractivity (Wildman–Crippen MR) is 75.0 cm³/mol. The Bertz CT molecular complexity index is 475. The van der Waals surface area contributed by atoms with E-state index in [0.29, 0.717) is 18.3 Å². The number of halogens is 1. The van der Waals surface area contributed by atoms with Crippen molar-refractivity contribution in [2.75, 3.05) is 6.54 Å². The van der Waals surface area contributed by atoms with Gasteiger partial charge in [0.05, 0.1) is 0 Å². The van der Waals surface area contributed by atoms with Crippen molar-refractivity contribution in [1.29, 1.82) is 0 Å². The van der Waals surface area contributed by atoms with Crippen LogP contribution in [0.15, 0.2) is 18.2 Å². The standard InChI is InChI=1S/C15H21FN2O2/c1-3-17-9-11-8-12(16)4-7-14(11)20-10(2)15(19)18-13-5-6-13/h4,7-8,10,13,17H,3,5-6,9H2,1-2H3,(H,18,19). The molecule has 1 atom stereocenters. The lowest BCUT2D eigenvalue weighted by Gasteiger charge is -2.17. The summed E-state index contributed by atoms with van der Waals surface area (Å²) in [6.07, 6.45) is 1.50. The summed E-state index contributed by atoms with van der Waals surface area (Å²) in [6.45, 7) is 4.98. The Hall–Kier alpha value is -1.62. The van der Waals surface area contributed by atoms with Crippen LogP contribution in [0, 0.1) is 5.82 Å². The SMILES string of the molecule is CCNCc1cc(F)ccc1OC(C)C(=O)NC1CC1. The van der Waals surface area contributed by atoms with E-state index in [2.05, 4.69) is 10.6 Å². The van der Waals surface area contributed by atoms with Gasteiger partial charge in [-0.15, -0.1) is 0 Å². The van der Waals surface area contributed by atoms with Gasteiger partial charge in [-0.2, -0.15) is 0 Å². The van der Waals surface area contributed by atoms with Crippen LogP contribution in [0.4, 0.5) is 4.39 Å². The zero-order chi connectivity index (χ0) is 14.5. The molecule has 0 spiro atoms. The molecule has 110 valence electrons. The highest BCUT2D eigenvalue weighted by molar-refractivity contribution is 5.81. The van der Waals surface area contributed by atoms with E-state index in [1.807, 2.05) is 6.92 Å². The average Bonchev–Trinajstić information content (AvgIpc) is 3.22. The second-order valence-corrected chi connectivity index (χ2v) is 5.08. The van der Waals surface area contributed by atoms with Gasteiger partial charge in [-0.05, 0) is 44.5 Å². The molecule has 20 heavy (non-hydrogen) atoms. The van der Waals surface area contributed by atoms with Crippen molar-refractivity contribution in [1.82, 2.24) is 10.6 Å². The molecule has 1 aromatic carbocycles. The number of ether oxygens (including phenoxy) is 1. The highest BCUT2D eigenvalue weighted by atomic mass is 19.1. The molecular formula is C15H21FN2O2. The van der Waals surface area contributed by atoms with Crippen LogP contribution >= 0.6 is 0 Å². The molecule has 0 saturated heterocycles. The van der Waals surface area contributed by atoms with Crippen LogP contribution in [0.1, 0.15) is 32.3 Å². The van der Waals surface area contributed by atoms with Crippen molar-refractivity contribution in [2.24, 2.45) is 0 Å². The Morgan fingerprint density at radius 1 is 1.50 bits per heavy atom. The minimum absolute atomic E-state index is 0.119. The number of amides is 1. The van der Waals surface area contributed by atoms with E-state index < -0.39 is 6.10 Å². The Morgan fingerprint density at radius 2 is 2.25 bits per heavy atom. The van der Waals surface area contributed by atoms with Gasteiger partial charge in [0.1, 0.15) is 11.6 Å². The van der Waals surface area contributed by atoms with Crippen LogP contribution in [-0.4, -0.2) is 24.6 Å². The molecule has 0 radical (unpaired) electrons. The summed E-state index contributed by atoms with van der Waals surface area (Å²) in [5, 5.41) is 6.02. The van der Waals surface area contributed by atoms with Crippen LogP contribution in [0.5, 0.6) is 5.75 Å². The smallest absolute Gasteiger partial charge is 0.260 e. The van der Waals surface area contributed by atoms with Crippen molar-refractivity contribution < 1.29 is 13.9 Å². The van der Waals surface area contributed by atoms with Crippen molar-refractivity contribution in [3.8, 4) is 5.75 Å². The Balaban J connectivity index is 2.00. The molecule has 1 saturated carbocycles. The topological polar surface area (TPSA) is 50.4 Å². The van der Waals surface area contributed by atoms with Crippen LogP contribution in [-0.2, 0) is 11.3 Å². The third-order valence-electron chi connectivity index (χ3n) is 3.18. The van der Waals surface area contributed by atoms with Crippen LogP contribution < -0.4 is 15.4 Å². The van der Waals surface area contributed by atoms with E-state index in [9.17, 15) is 9.18 Å². The van der Waals surface area contributed by atoms with Crippen molar-refractivity contribution in [3.63, 3.8) is 0 Å². The lowest BCUT2D eigenvalue weighted by atomic mass is 10.2. The van der Waals surface area contributed by atoms with E-state index >= 15 is 0 Å². The lowest BCUT2D eigenvalue weighted by molar-refractivity contribution is -0.127. The zero-order valence-electron chi connectivity index (χ0n) is 11.9. The molecule has 1 amide bonds. The highest BCUT2D eigenvalue weighted by Crippen LogP contribution is 2.22. The second kappa shape index (κ2) is 6.70. The molecule has 0 bridgehead atoms. The van der Waals surface area contributed by atoms with Gasteiger partial charge in [0.15, 0.2) is 6.10 Å². The Kier molecular flexibility index (Phi) is 4.95. The fourth-order valence-corrected chi connectivity index (χ4v) is 1.85. The summed E-state index contributed by atoms with van der Waals surface area (Å²) in [5.74, 6) is 0.123. The summed E-state index contributed by atoms with van der Waals surface area (Å²) >= 11 is 0. The van der Waals surface area contributed by atoms with Crippen LogP contribution in [0.2, 0.25) is 0 Å². The molecule has 0 aromatic heterocycles. The largest absolute Gasteiger partial charge is 0.481 e. The van der Waals surface area contributed by atoms with E-state index in [-0.39, 0.29) is 11.7 Å². The first kappa shape index (κ1) is 14.8. The van der Waals surface area contributed by atoms with Gasteiger partial charge in [-0.1, -0.05) is 6.92 Å². The molecule has 4 nitrogen and oxygen atoms in total. The summed E-state index contributed by atoms with van der Waals surface area (Å²) in [5.41, 5.74) is 0.720. The fourth-order valence-electron chi connectivity index (χ4n) is 1.85. The van der Waals surface area contributed by atoms with E-state index in [1.165, 1.54) is 12.1 Å². The Morgan fingerprint density at radius 3 is 2.90 bits per heavy atom. The fraction of sp³-hybridized carbons (Fsp3) is 0.533. The van der Waals surface area contributed by atoms with E-state index in [0.717, 1.165) is 24.9 Å². The molecule has 0 heterocycles. The van der Waals surface area contributed by atoms with Crippen LogP contribution in [0.25, 0.3) is 0 Å². The van der Waals surface area contributed by atoms with Gasteiger partial charge in [0.2, 0.25) is 0 Å². The van der Waals surface area contributed by atoms with Gasteiger partial charge in [-0.3, -0.25) is 4.79 Å². The summed E-state index contributed by atoms with van der Waals surface area (Å²) < 4.78 is 19.0. The Labute approximate surface area is 118 Å². The van der Waals surface area contributed by atoms with Crippen molar-refractivity contribution in [3.05, 3.63) is 29.6 Å². The number of carbonyl (C=O) groups is 1. The highest BCUT2D eigenvalue weighted by Gasteiger charge is 2.26. The van der Waals surface area contributed by atoms with Gasteiger partial charge >= 0.3 is 0 Å². The quantitative estimate of drug-likeness (QED) is 0.803. The molecule has 2 rings (SSSR count). The maximum atomic E-state index is 13.3. The third-order valence-corrected chi connectivity index (χ3v) is 3.18. The molecule has 1 aromatic rings. The number of nitrogens with one attached hydrogen (secondary N) is 2. The molecule has 1 unspecified atom stereocenters. The van der Waals surface area contributed by atoms with Gasteiger partial charge in [0.25, 0.3) is 5.91 Å². The number of hydrogen-bond donors (Lipinski definition) is 2. The monoisotopic (exact) mass is 280 g/mol. The van der Waals surface area contributed by atoms with E-state index in [1.54, 1.807) is 13.0 Å². The molecule has 0 aliphatic heterocycles. The minimum atomic E-state index is -0.582. The number of carbonyl (C=O) groups excluding carboxylic acids is 1. The van der Waals surface area contributed by atoms with Gasteiger partial charge < -0.3 is 15.4 Å². The van der Waals surface area contributed by atoms with Gasteiger partial charge in [-0.25, -0.2) is 4.39 Å². The number of hydrogen-bond acceptors (Lipinski definition) is 3. The number of benzene rings is 1. The molecule has 1 aliphatic carbocycles. The summed E-state index contributed by atoms with van der Waals surface area (Å²) in [7, 11) is 0. The maximum absolute atomic E-state index is 13.3. The predicted octanol–water partition coefficient (Wildman–Crippen LogP) is 1.98. The first-order chi connectivity index (χ1) is 9.60.